The smallest absolute Gasteiger partial charge is 0.334 e. The Morgan fingerprint density at radius 1 is 1.23 bits per heavy atom. The summed E-state index contributed by atoms with van der Waals surface area (Å²) in [6.45, 7) is 6.25. The molecule has 0 aliphatic carbocycles. The highest BCUT2D eigenvalue weighted by molar-refractivity contribution is 6.66. The molecule has 0 radical (unpaired) electrons. The van der Waals surface area contributed by atoms with E-state index < -0.39 is 8.56 Å². The number of hydrogen-bond acceptors (Lipinski definition) is 3. The molecule has 0 saturated carbocycles. The lowest BCUT2D eigenvalue weighted by Gasteiger charge is -2.22. The summed E-state index contributed by atoms with van der Waals surface area (Å²) in [4.78, 5) is 0. The summed E-state index contributed by atoms with van der Waals surface area (Å²) in [5, 5.41) is 0. The van der Waals surface area contributed by atoms with Gasteiger partial charge < -0.3 is 13.3 Å². The topological polar surface area (TPSA) is 27.7 Å². The fraction of sp³-hybridized carbons (Fsp3) is 1.00. The predicted octanol–water partition coefficient (Wildman–Crippen LogP) is 1.28. The molecule has 0 heterocycles. The van der Waals surface area contributed by atoms with Crippen molar-refractivity contribution in [2.75, 3.05) is 14.2 Å². The molecule has 13 heavy (non-hydrogen) atoms. The molecular weight excluding hydrogens is 200 g/mol. The number of hydrogen-bond donors (Lipinski definition) is 0. The Morgan fingerprint density at radius 2 is 1.77 bits per heavy atom. The largest absolute Gasteiger partial charge is 0.422 e. The standard InChI is InChI=1S/C8H22O3Si2/c1-8(2)11-12-6-7-13(5,9-3)10-4/h8H,6-7,12H2,1-5H3. The van der Waals surface area contributed by atoms with Crippen molar-refractivity contribution < 1.29 is 13.3 Å². The lowest BCUT2D eigenvalue weighted by atomic mass is 10.5. The first-order chi connectivity index (χ1) is 6.04. The first-order valence-corrected chi connectivity index (χ1v) is 8.86. The van der Waals surface area contributed by atoms with Crippen LogP contribution in [-0.2, 0) is 13.3 Å². The molecule has 0 aromatic heterocycles. The van der Waals surface area contributed by atoms with Gasteiger partial charge in [0.05, 0.1) is 0 Å². The van der Waals surface area contributed by atoms with E-state index >= 15 is 0 Å². The average Bonchev–Trinajstić information content (AvgIpc) is 2.12. The van der Waals surface area contributed by atoms with Gasteiger partial charge in [-0.15, -0.1) is 0 Å². The van der Waals surface area contributed by atoms with Crippen LogP contribution in [0.3, 0.4) is 0 Å². The van der Waals surface area contributed by atoms with Crippen LogP contribution < -0.4 is 0 Å². The summed E-state index contributed by atoms with van der Waals surface area (Å²) in [6.07, 6.45) is 0.379. The minimum Gasteiger partial charge on any atom is -0.422 e. The van der Waals surface area contributed by atoms with Crippen LogP contribution >= 0.6 is 0 Å². The van der Waals surface area contributed by atoms with Crippen molar-refractivity contribution in [1.29, 1.82) is 0 Å². The molecule has 0 aromatic rings. The summed E-state index contributed by atoms with van der Waals surface area (Å²) in [5.41, 5.74) is 0. The lowest BCUT2D eigenvalue weighted by Crippen LogP contribution is -2.36. The Kier molecular flexibility index (Phi) is 6.88. The maximum absolute atomic E-state index is 5.58. The van der Waals surface area contributed by atoms with Crippen LogP contribution in [0.4, 0.5) is 0 Å². The molecular formula is C8H22O3Si2. The highest BCUT2D eigenvalue weighted by Gasteiger charge is 2.27. The third-order valence-corrected chi connectivity index (χ3v) is 7.33. The van der Waals surface area contributed by atoms with E-state index in [1.165, 1.54) is 0 Å². The molecule has 0 aliphatic heterocycles. The van der Waals surface area contributed by atoms with E-state index in [1.807, 2.05) is 0 Å². The van der Waals surface area contributed by atoms with Gasteiger partial charge in [0.1, 0.15) is 0 Å². The van der Waals surface area contributed by atoms with Gasteiger partial charge in [-0.1, -0.05) is 0 Å². The second kappa shape index (κ2) is 6.72. The highest BCUT2D eigenvalue weighted by Crippen LogP contribution is 2.13. The van der Waals surface area contributed by atoms with Crippen LogP contribution in [0, 0.1) is 0 Å². The maximum atomic E-state index is 5.58. The normalized spacial score (nSPS) is 13.4. The highest BCUT2D eigenvalue weighted by atomic mass is 28.4. The molecule has 0 unspecified atom stereocenters. The van der Waals surface area contributed by atoms with E-state index in [1.54, 1.807) is 14.2 Å². The van der Waals surface area contributed by atoms with Crippen molar-refractivity contribution in [2.24, 2.45) is 0 Å². The van der Waals surface area contributed by atoms with E-state index in [4.69, 9.17) is 13.3 Å². The Bertz CT molecular complexity index is 127. The SMILES string of the molecule is CO[Si](C)(CC[SiH2]OC(C)C)OC. The zero-order valence-electron chi connectivity index (χ0n) is 9.42. The molecule has 0 amide bonds. The van der Waals surface area contributed by atoms with E-state index in [0.717, 1.165) is 12.1 Å². The van der Waals surface area contributed by atoms with E-state index in [2.05, 4.69) is 20.4 Å². The lowest BCUT2D eigenvalue weighted by molar-refractivity contribution is 0.244. The maximum Gasteiger partial charge on any atom is 0.334 e. The van der Waals surface area contributed by atoms with Crippen LogP contribution in [0.15, 0.2) is 0 Å². The van der Waals surface area contributed by atoms with Crippen molar-refractivity contribution >= 4 is 18.3 Å². The van der Waals surface area contributed by atoms with E-state index in [-0.39, 0.29) is 9.76 Å². The van der Waals surface area contributed by atoms with Crippen LogP contribution in [0.25, 0.3) is 0 Å². The fourth-order valence-electron chi connectivity index (χ4n) is 1.000. The quantitative estimate of drug-likeness (QED) is 0.480. The second-order valence-corrected chi connectivity index (χ2v) is 8.60. The predicted molar refractivity (Wildman–Crippen MR) is 60.0 cm³/mol. The molecule has 0 N–H and O–H groups in total. The molecule has 80 valence electrons. The van der Waals surface area contributed by atoms with Crippen molar-refractivity contribution in [1.82, 2.24) is 0 Å². The van der Waals surface area contributed by atoms with Gasteiger partial charge in [0.2, 0.25) is 0 Å². The molecule has 0 saturated heterocycles. The third-order valence-electron chi connectivity index (χ3n) is 2.09. The Hall–Kier alpha value is 0.314. The van der Waals surface area contributed by atoms with E-state index in [9.17, 15) is 0 Å². The van der Waals surface area contributed by atoms with Crippen molar-refractivity contribution in [3.8, 4) is 0 Å². The molecule has 5 heteroatoms. The Balaban J connectivity index is 3.50. The summed E-state index contributed by atoms with van der Waals surface area (Å²) in [7, 11) is 1.30. The number of rotatable bonds is 7. The third kappa shape index (κ3) is 6.39. The molecule has 0 fully saturated rings. The summed E-state index contributed by atoms with van der Waals surface area (Å²) >= 11 is 0. The molecule has 0 spiro atoms. The van der Waals surface area contributed by atoms with Gasteiger partial charge in [-0.2, -0.15) is 0 Å². The van der Waals surface area contributed by atoms with Gasteiger partial charge >= 0.3 is 8.56 Å². The van der Waals surface area contributed by atoms with Gasteiger partial charge in [0, 0.05) is 20.3 Å². The Morgan fingerprint density at radius 3 is 2.15 bits per heavy atom. The Labute approximate surface area is 85.0 Å². The first kappa shape index (κ1) is 13.3. The minimum atomic E-state index is -1.81. The van der Waals surface area contributed by atoms with Crippen molar-refractivity contribution in [2.45, 2.75) is 38.6 Å². The fourth-order valence-corrected chi connectivity index (χ4v) is 5.36. The van der Waals surface area contributed by atoms with Crippen molar-refractivity contribution in [3.63, 3.8) is 0 Å². The summed E-state index contributed by atoms with van der Waals surface area (Å²) in [6, 6.07) is 2.21. The monoisotopic (exact) mass is 222 g/mol. The molecule has 0 aliphatic rings. The van der Waals surface area contributed by atoms with Gasteiger partial charge in [-0.05, 0) is 32.5 Å². The molecule has 0 aromatic carbocycles. The van der Waals surface area contributed by atoms with Crippen molar-refractivity contribution in [3.05, 3.63) is 0 Å². The van der Waals surface area contributed by atoms with Crippen LogP contribution in [-0.4, -0.2) is 38.6 Å². The van der Waals surface area contributed by atoms with Gasteiger partial charge in [0.25, 0.3) is 0 Å². The molecule has 0 atom stereocenters. The second-order valence-electron chi connectivity index (χ2n) is 3.57. The van der Waals surface area contributed by atoms with E-state index in [0.29, 0.717) is 6.10 Å². The van der Waals surface area contributed by atoms with Crippen LogP contribution in [0.5, 0.6) is 0 Å². The van der Waals surface area contributed by atoms with Crippen LogP contribution in [0.2, 0.25) is 18.6 Å². The zero-order chi connectivity index (χ0) is 10.3. The molecule has 0 rings (SSSR count). The average molecular weight is 222 g/mol. The van der Waals surface area contributed by atoms with Gasteiger partial charge in [-0.3, -0.25) is 0 Å². The minimum absolute atomic E-state index is 0.360. The van der Waals surface area contributed by atoms with Gasteiger partial charge in [-0.25, -0.2) is 0 Å². The zero-order valence-corrected chi connectivity index (χ0v) is 11.8. The van der Waals surface area contributed by atoms with Crippen LogP contribution in [0.1, 0.15) is 13.8 Å². The molecule has 3 nitrogen and oxygen atoms in total. The summed E-state index contributed by atoms with van der Waals surface area (Å²) < 4.78 is 16.3. The molecule has 0 bridgehead atoms. The van der Waals surface area contributed by atoms with Gasteiger partial charge in [0.15, 0.2) is 9.76 Å². The summed E-state index contributed by atoms with van der Waals surface area (Å²) in [5.74, 6) is 0. The first-order valence-electron chi connectivity index (χ1n) is 4.76.